The number of fused-ring (bicyclic) bond motifs is 1. The summed E-state index contributed by atoms with van der Waals surface area (Å²) >= 11 is 0. The van der Waals surface area contributed by atoms with Crippen molar-refractivity contribution in [3.8, 4) is 0 Å². The molecular formula is C14H23N3O. The number of hydrogen-bond donors (Lipinski definition) is 0. The number of rotatable bonds is 3. The van der Waals surface area contributed by atoms with Gasteiger partial charge in [-0.3, -0.25) is 4.90 Å². The normalized spacial score (nSPS) is 29.2. The minimum atomic E-state index is 0.768. The van der Waals surface area contributed by atoms with Gasteiger partial charge in [-0.15, -0.1) is 0 Å². The highest BCUT2D eigenvalue weighted by Gasteiger charge is 2.33. The largest absolute Gasteiger partial charge is 0.338 e. The molecular weight excluding hydrogens is 226 g/mol. The Morgan fingerprint density at radius 1 is 1.22 bits per heavy atom. The van der Waals surface area contributed by atoms with Crippen LogP contribution >= 0.6 is 0 Å². The molecule has 100 valence electrons. The second-order valence-corrected chi connectivity index (χ2v) is 5.68. The summed E-state index contributed by atoms with van der Waals surface area (Å²) in [7, 11) is 0. The Kier molecular flexibility index (Phi) is 3.64. The highest BCUT2D eigenvalue weighted by atomic mass is 16.5. The number of aryl methyl sites for hydroxylation is 1. The minimum Gasteiger partial charge on any atom is -0.338 e. The smallest absolute Gasteiger partial charge is 0.240 e. The molecule has 2 aliphatic rings. The minimum absolute atomic E-state index is 0.768. The van der Waals surface area contributed by atoms with Gasteiger partial charge in [0.1, 0.15) is 0 Å². The lowest BCUT2D eigenvalue weighted by Crippen LogP contribution is -2.46. The summed E-state index contributed by atoms with van der Waals surface area (Å²) in [5, 5.41) is 3.99. The van der Waals surface area contributed by atoms with Gasteiger partial charge in [0.2, 0.25) is 5.89 Å². The number of nitrogens with zero attached hydrogens (tertiary/aromatic N) is 3. The summed E-state index contributed by atoms with van der Waals surface area (Å²) in [6.45, 7) is 4.12. The highest BCUT2D eigenvalue weighted by Crippen LogP contribution is 2.35. The van der Waals surface area contributed by atoms with Crippen LogP contribution in [0.5, 0.6) is 0 Å². The quantitative estimate of drug-likeness (QED) is 0.826. The Morgan fingerprint density at radius 3 is 2.89 bits per heavy atom. The summed E-state index contributed by atoms with van der Waals surface area (Å²) in [4.78, 5) is 7.02. The van der Waals surface area contributed by atoms with Gasteiger partial charge in [-0.05, 0) is 38.1 Å². The summed E-state index contributed by atoms with van der Waals surface area (Å²) in [6.07, 6.45) is 9.21. The topological polar surface area (TPSA) is 42.2 Å². The molecule has 1 aliphatic carbocycles. The maximum atomic E-state index is 5.34. The predicted molar refractivity (Wildman–Crippen MR) is 69.1 cm³/mol. The third-order valence-corrected chi connectivity index (χ3v) is 4.52. The summed E-state index contributed by atoms with van der Waals surface area (Å²) in [6, 6.07) is 0.768. The molecule has 18 heavy (non-hydrogen) atoms. The Balaban J connectivity index is 1.66. The molecule has 0 N–H and O–H groups in total. The van der Waals surface area contributed by atoms with Crippen molar-refractivity contribution in [1.29, 1.82) is 0 Å². The van der Waals surface area contributed by atoms with Gasteiger partial charge in [0.05, 0.1) is 6.54 Å². The lowest BCUT2D eigenvalue weighted by molar-refractivity contribution is 0.0466. The van der Waals surface area contributed by atoms with E-state index in [0.29, 0.717) is 0 Å². The van der Waals surface area contributed by atoms with Crippen molar-refractivity contribution in [1.82, 2.24) is 15.0 Å². The van der Waals surface area contributed by atoms with Crippen LogP contribution in [0.1, 0.15) is 57.2 Å². The van der Waals surface area contributed by atoms with Gasteiger partial charge < -0.3 is 4.52 Å². The first kappa shape index (κ1) is 12.2. The molecule has 0 radical (unpaired) electrons. The fraction of sp³-hybridized carbons (Fsp3) is 0.857. The average Bonchev–Trinajstić information content (AvgIpc) is 2.87. The van der Waals surface area contributed by atoms with Crippen molar-refractivity contribution < 1.29 is 4.52 Å². The summed E-state index contributed by atoms with van der Waals surface area (Å²) in [5.74, 6) is 2.56. The molecule has 2 atom stereocenters. The second-order valence-electron chi connectivity index (χ2n) is 5.68. The molecule has 1 aromatic rings. The van der Waals surface area contributed by atoms with Gasteiger partial charge in [-0.1, -0.05) is 24.9 Å². The monoisotopic (exact) mass is 249 g/mol. The van der Waals surface area contributed by atoms with Crippen LogP contribution < -0.4 is 0 Å². The molecule has 4 heteroatoms. The van der Waals surface area contributed by atoms with Crippen molar-refractivity contribution in [2.24, 2.45) is 5.92 Å². The third kappa shape index (κ3) is 2.44. The Hall–Kier alpha value is -0.900. The van der Waals surface area contributed by atoms with Gasteiger partial charge in [0.15, 0.2) is 5.82 Å². The van der Waals surface area contributed by atoms with Crippen LogP contribution in [0.3, 0.4) is 0 Å². The van der Waals surface area contributed by atoms with E-state index >= 15 is 0 Å². The molecule has 3 rings (SSSR count). The Labute approximate surface area is 109 Å². The van der Waals surface area contributed by atoms with E-state index in [1.807, 2.05) is 0 Å². The molecule has 1 saturated carbocycles. The number of piperidine rings is 1. The number of likely N-dealkylation sites (tertiary alicyclic amines) is 1. The van der Waals surface area contributed by atoms with Crippen LogP contribution in [0.15, 0.2) is 4.52 Å². The molecule has 1 aliphatic heterocycles. The van der Waals surface area contributed by atoms with E-state index in [4.69, 9.17) is 4.52 Å². The van der Waals surface area contributed by atoms with Crippen molar-refractivity contribution >= 4 is 0 Å². The van der Waals surface area contributed by atoms with Gasteiger partial charge in [0.25, 0.3) is 0 Å². The number of hydrogen-bond acceptors (Lipinski definition) is 4. The summed E-state index contributed by atoms with van der Waals surface area (Å²) < 4.78 is 5.34. The van der Waals surface area contributed by atoms with Crippen molar-refractivity contribution in [3.63, 3.8) is 0 Å². The molecule has 0 amide bonds. The molecule has 1 saturated heterocycles. The first-order chi connectivity index (χ1) is 8.86. The SMILES string of the molecule is CCc1noc(CN2CCC[C@@H]3CCCC[C@@H]32)n1. The van der Waals surface area contributed by atoms with Crippen LogP contribution in [-0.4, -0.2) is 27.6 Å². The predicted octanol–water partition coefficient (Wildman–Crippen LogP) is 2.79. The lowest BCUT2D eigenvalue weighted by Gasteiger charge is -2.43. The second kappa shape index (κ2) is 5.39. The maximum Gasteiger partial charge on any atom is 0.240 e. The zero-order chi connectivity index (χ0) is 12.4. The van der Waals surface area contributed by atoms with Crippen LogP contribution in [0.25, 0.3) is 0 Å². The average molecular weight is 249 g/mol. The lowest BCUT2D eigenvalue weighted by atomic mass is 9.78. The van der Waals surface area contributed by atoms with E-state index in [1.165, 1.54) is 45.1 Å². The van der Waals surface area contributed by atoms with E-state index in [2.05, 4.69) is 22.0 Å². The van der Waals surface area contributed by atoms with Crippen LogP contribution in [-0.2, 0) is 13.0 Å². The van der Waals surface area contributed by atoms with Gasteiger partial charge in [-0.25, -0.2) is 0 Å². The molecule has 1 aromatic heterocycles. The standard InChI is InChI=1S/C14H23N3O/c1-2-13-15-14(18-16-13)10-17-9-5-7-11-6-3-4-8-12(11)17/h11-12H,2-10H2,1H3/t11-,12-/m0/s1. The van der Waals surface area contributed by atoms with Gasteiger partial charge in [-0.2, -0.15) is 4.98 Å². The molecule has 0 bridgehead atoms. The van der Waals surface area contributed by atoms with E-state index in [9.17, 15) is 0 Å². The van der Waals surface area contributed by atoms with Gasteiger partial charge in [0, 0.05) is 12.5 Å². The zero-order valence-electron chi connectivity index (χ0n) is 11.3. The third-order valence-electron chi connectivity index (χ3n) is 4.52. The highest BCUT2D eigenvalue weighted by molar-refractivity contribution is 4.91. The van der Waals surface area contributed by atoms with Crippen molar-refractivity contribution in [2.75, 3.05) is 6.54 Å². The molecule has 4 nitrogen and oxygen atoms in total. The molecule has 0 spiro atoms. The van der Waals surface area contributed by atoms with Crippen LogP contribution in [0.4, 0.5) is 0 Å². The molecule has 0 unspecified atom stereocenters. The maximum absolute atomic E-state index is 5.34. The van der Waals surface area contributed by atoms with E-state index in [-0.39, 0.29) is 0 Å². The van der Waals surface area contributed by atoms with E-state index < -0.39 is 0 Å². The van der Waals surface area contributed by atoms with Crippen molar-refractivity contribution in [3.05, 3.63) is 11.7 Å². The summed E-state index contributed by atoms with van der Waals surface area (Å²) in [5.41, 5.74) is 0. The first-order valence-electron chi connectivity index (χ1n) is 7.42. The Bertz CT molecular complexity index is 388. The Morgan fingerprint density at radius 2 is 2.06 bits per heavy atom. The molecule has 2 heterocycles. The van der Waals surface area contributed by atoms with Crippen molar-refractivity contribution in [2.45, 2.75) is 64.5 Å². The number of aromatic nitrogens is 2. The fourth-order valence-corrected chi connectivity index (χ4v) is 3.60. The van der Waals surface area contributed by atoms with E-state index in [0.717, 1.165) is 36.6 Å². The van der Waals surface area contributed by atoms with E-state index in [1.54, 1.807) is 0 Å². The molecule has 0 aromatic carbocycles. The molecule has 2 fully saturated rings. The zero-order valence-corrected chi connectivity index (χ0v) is 11.3. The van der Waals surface area contributed by atoms with Crippen LogP contribution in [0.2, 0.25) is 0 Å². The fourth-order valence-electron chi connectivity index (χ4n) is 3.60. The van der Waals surface area contributed by atoms with Crippen LogP contribution in [0, 0.1) is 5.92 Å². The first-order valence-corrected chi connectivity index (χ1v) is 7.42. The van der Waals surface area contributed by atoms with Gasteiger partial charge >= 0.3 is 0 Å².